The normalized spacial score (nSPS) is 10.3. The monoisotopic (exact) mass is 260 g/mol. The van der Waals surface area contributed by atoms with E-state index in [-0.39, 0.29) is 5.84 Å². The van der Waals surface area contributed by atoms with Gasteiger partial charge in [0.25, 0.3) is 0 Å². The van der Waals surface area contributed by atoms with Gasteiger partial charge in [0.2, 0.25) is 0 Å². The molecular weight excluding hydrogens is 244 g/mol. The van der Waals surface area contributed by atoms with Gasteiger partial charge in [0.05, 0.1) is 18.4 Å². The van der Waals surface area contributed by atoms with Crippen molar-refractivity contribution < 1.29 is 0 Å². The van der Waals surface area contributed by atoms with Crippen molar-refractivity contribution in [3.8, 4) is 0 Å². The smallest absolute Gasteiger partial charge is 0.141 e. The maximum absolute atomic E-state index is 7.32. The van der Waals surface area contributed by atoms with Crippen molar-refractivity contribution in [1.29, 1.82) is 5.41 Å². The van der Waals surface area contributed by atoms with Gasteiger partial charge in [-0.15, -0.1) is 11.3 Å². The quantitative estimate of drug-likeness (QED) is 0.641. The Morgan fingerprint density at radius 1 is 1.44 bits per heavy atom. The summed E-state index contributed by atoms with van der Waals surface area (Å²) < 4.78 is 0. The summed E-state index contributed by atoms with van der Waals surface area (Å²) in [5.41, 5.74) is 6.96. The molecule has 0 spiro atoms. The summed E-state index contributed by atoms with van der Waals surface area (Å²) in [6.07, 6.45) is 1.77. The molecule has 2 heterocycles. The zero-order valence-corrected chi connectivity index (χ0v) is 11.1. The van der Waals surface area contributed by atoms with Gasteiger partial charge >= 0.3 is 0 Å². The van der Waals surface area contributed by atoms with Crippen LogP contribution in [0, 0.1) is 5.41 Å². The number of nitrogens with two attached hydrogens (primary N) is 1. The third-order valence-corrected chi connectivity index (χ3v) is 3.56. The number of thiophene rings is 1. The molecule has 0 bridgehead atoms. The van der Waals surface area contributed by atoms with Gasteiger partial charge in [-0.3, -0.25) is 10.4 Å². The average Bonchev–Trinajstić information content (AvgIpc) is 2.89. The molecule has 0 aliphatic rings. The number of nitrogens with one attached hydrogen (secondary N) is 1. The Morgan fingerprint density at radius 3 is 2.78 bits per heavy atom. The molecule has 0 saturated heterocycles. The maximum Gasteiger partial charge on any atom is 0.141 e. The summed E-state index contributed by atoms with van der Waals surface area (Å²) >= 11 is 1.75. The minimum Gasteiger partial charge on any atom is -0.382 e. The highest BCUT2D eigenvalue weighted by Gasteiger charge is 2.07. The fourth-order valence-electron chi connectivity index (χ4n) is 1.71. The molecule has 18 heavy (non-hydrogen) atoms. The minimum absolute atomic E-state index is 0.00264. The molecule has 0 unspecified atom stereocenters. The van der Waals surface area contributed by atoms with Gasteiger partial charge in [-0.05, 0) is 30.5 Å². The van der Waals surface area contributed by atoms with E-state index in [1.165, 1.54) is 4.88 Å². The zero-order chi connectivity index (χ0) is 13.0. The molecule has 0 amide bonds. The average molecular weight is 260 g/mol. The second kappa shape index (κ2) is 5.64. The third-order valence-electron chi connectivity index (χ3n) is 2.70. The molecule has 0 radical (unpaired) electrons. The predicted molar refractivity (Wildman–Crippen MR) is 76.3 cm³/mol. The van der Waals surface area contributed by atoms with Crippen molar-refractivity contribution in [3.63, 3.8) is 0 Å². The highest BCUT2D eigenvalue weighted by molar-refractivity contribution is 7.09. The van der Waals surface area contributed by atoms with E-state index in [0.717, 1.165) is 18.8 Å². The highest BCUT2D eigenvalue weighted by Crippen LogP contribution is 2.18. The number of hydrogen-bond acceptors (Lipinski definition) is 4. The van der Waals surface area contributed by atoms with Crippen LogP contribution in [0.4, 0.5) is 5.69 Å². The van der Waals surface area contributed by atoms with E-state index in [1.54, 1.807) is 23.6 Å². The lowest BCUT2D eigenvalue weighted by atomic mass is 10.3. The molecule has 3 N–H and O–H groups in total. The highest BCUT2D eigenvalue weighted by atomic mass is 32.1. The molecule has 2 rings (SSSR count). The summed E-state index contributed by atoms with van der Waals surface area (Å²) in [5.74, 6) is 0.00264. The Balaban J connectivity index is 2.14. The third kappa shape index (κ3) is 2.87. The van der Waals surface area contributed by atoms with Crippen molar-refractivity contribution in [1.82, 2.24) is 4.98 Å². The first-order valence-electron chi connectivity index (χ1n) is 5.78. The van der Waals surface area contributed by atoms with E-state index in [9.17, 15) is 0 Å². The van der Waals surface area contributed by atoms with Gasteiger partial charge in [-0.2, -0.15) is 0 Å². The van der Waals surface area contributed by atoms with Crippen LogP contribution in [-0.4, -0.2) is 17.4 Å². The second-order valence-corrected chi connectivity index (χ2v) is 4.94. The molecule has 2 aromatic heterocycles. The zero-order valence-electron chi connectivity index (χ0n) is 10.3. The molecule has 5 heteroatoms. The van der Waals surface area contributed by atoms with Gasteiger partial charge in [0.1, 0.15) is 11.5 Å². The number of hydrogen-bond donors (Lipinski definition) is 2. The van der Waals surface area contributed by atoms with Crippen molar-refractivity contribution in [3.05, 3.63) is 46.4 Å². The summed E-state index contributed by atoms with van der Waals surface area (Å²) in [5, 5.41) is 9.40. The van der Waals surface area contributed by atoms with Crippen molar-refractivity contribution in [2.45, 2.75) is 13.5 Å². The number of nitrogens with zero attached hydrogens (tertiary/aromatic N) is 2. The van der Waals surface area contributed by atoms with Crippen molar-refractivity contribution >= 4 is 22.9 Å². The molecule has 4 nitrogen and oxygen atoms in total. The van der Waals surface area contributed by atoms with Crippen molar-refractivity contribution in [2.24, 2.45) is 5.73 Å². The number of anilines is 1. The van der Waals surface area contributed by atoms with Gasteiger partial charge in [-0.25, -0.2) is 0 Å². The predicted octanol–water partition coefficient (Wildman–Crippen LogP) is 2.45. The number of pyridine rings is 1. The largest absolute Gasteiger partial charge is 0.382 e. The van der Waals surface area contributed by atoms with Crippen LogP contribution in [-0.2, 0) is 6.54 Å². The van der Waals surface area contributed by atoms with E-state index >= 15 is 0 Å². The van der Waals surface area contributed by atoms with Gasteiger partial charge < -0.3 is 10.6 Å². The first kappa shape index (κ1) is 12.6. The van der Waals surface area contributed by atoms with Crippen LogP contribution in [0.3, 0.4) is 0 Å². The molecule has 0 atom stereocenters. The van der Waals surface area contributed by atoms with E-state index in [4.69, 9.17) is 11.1 Å². The standard InChI is InChI=1S/C13H16N4S/c1-2-17(9-11-4-3-7-18-11)10-5-6-12(13(14)15)16-8-10/h3-8H,2,9H2,1H3,(H3,14,15). The Bertz CT molecular complexity index is 504. The molecule has 0 aliphatic carbocycles. The number of amidine groups is 1. The molecule has 94 valence electrons. The number of rotatable bonds is 5. The molecule has 0 aliphatic heterocycles. The van der Waals surface area contributed by atoms with Crippen LogP contribution >= 0.6 is 11.3 Å². The van der Waals surface area contributed by atoms with E-state index in [0.29, 0.717) is 5.69 Å². The summed E-state index contributed by atoms with van der Waals surface area (Å²) in [4.78, 5) is 7.75. The maximum atomic E-state index is 7.32. The molecule has 2 aromatic rings. The number of nitrogen functional groups attached to an aromatic ring is 1. The van der Waals surface area contributed by atoms with Crippen LogP contribution in [0.2, 0.25) is 0 Å². The molecular formula is C13H16N4S. The van der Waals surface area contributed by atoms with Crippen LogP contribution in [0.25, 0.3) is 0 Å². The fourth-order valence-corrected chi connectivity index (χ4v) is 2.43. The lowest BCUT2D eigenvalue weighted by molar-refractivity contribution is 0.839. The summed E-state index contributed by atoms with van der Waals surface area (Å²) in [6, 6.07) is 7.94. The summed E-state index contributed by atoms with van der Waals surface area (Å²) in [7, 11) is 0. The summed E-state index contributed by atoms with van der Waals surface area (Å²) in [6.45, 7) is 3.92. The minimum atomic E-state index is 0.00264. The van der Waals surface area contributed by atoms with Gasteiger partial charge in [-0.1, -0.05) is 6.07 Å². The van der Waals surface area contributed by atoms with E-state index in [2.05, 4.69) is 34.3 Å². The Morgan fingerprint density at radius 2 is 2.28 bits per heavy atom. The van der Waals surface area contributed by atoms with E-state index in [1.807, 2.05) is 6.07 Å². The van der Waals surface area contributed by atoms with Crippen LogP contribution in [0.1, 0.15) is 17.5 Å². The first-order chi connectivity index (χ1) is 8.70. The lowest BCUT2D eigenvalue weighted by Crippen LogP contribution is -2.22. The van der Waals surface area contributed by atoms with Crippen LogP contribution in [0.15, 0.2) is 35.8 Å². The molecule has 0 saturated carbocycles. The van der Waals surface area contributed by atoms with E-state index < -0.39 is 0 Å². The lowest BCUT2D eigenvalue weighted by Gasteiger charge is -2.22. The second-order valence-electron chi connectivity index (χ2n) is 3.91. The number of aromatic nitrogens is 1. The van der Waals surface area contributed by atoms with Crippen molar-refractivity contribution in [2.75, 3.05) is 11.4 Å². The van der Waals surface area contributed by atoms with Gasteiger partial charge in [0, 0.05) is 11.4 Å². The van der Waals surface area contributed by atoms with Gasteiger partial charge in [0.15, 0.2) is 0 Å². The first-order valence-corrected chi connectivity index (χ1v) is 6.66. The topological polar surface area (TPSA) is 66.0 Å². The Kier molecular flexibility index (Phi) is 3.94. The SMILES string of the molecule is CCN(Cc1cccs1)c1ccc(C(=N)N)nc1. The Hall–Kier alpha value is -1.88. The van der Waals surface area contributed by atoms with Crippen LogP contribution < -0.4 is 10.6 Å². The Labute approximate surface area is 111 Å². The fraction of sp³-hybridized carbons (Fsp3) is 0.231. The molecule has 0 fully saturated rings. The van der Waals surface area contributed by atoms with Crippen LogP contribution in [0.5, 0.6) is 0 Å². The molecule has 0 aromatic carbocycles.